The third-order valence-corrected chi connectivity index (χ3v) is 5.68. The van der Waals surface area contributed by atoms with Gasteiger partial charge in [-0.15, -0.1) is 0 Å². The van der Waals surface area contributed by atoms with Crippen LogP contribution in [-0.2, 0) is 9.59 Å². The Hall–Kier alpha value is -4.27. The third-order valence-electron chi connectivity index (χ3n) is 5.68. The SMILES string of the molecule is O=C(Nc1ccc(Nc2ccnn3cc[nH+]c23)cc1)C1CCCN(c2ccc(F)cc2)C1=O. The van der Waals surface area contributed by atoms with E-state index in [9.17, 15) is 14.0 Å². The van der Waals surface area contributed by atoms with Crippen molar-refractivity contribution in [1.29, 1.82) is 0 Å². The molecule has 2 aromatic heterocycles. The molecule has 1 unspecified atom stereocenters. The average Bonchev–Trinajstić information content (AvgIpc) is 3.31. The minimum absolute atomic E-state index is 0.270. The molecular weight excluding hydrogens is 423 g/mol. The Morgan fingerprint density at radius 3 is 2.61 bits per heavy atom. The summed E-state index contributed by atoms with van der Waals surface area (Å²) in [6, 6.07) is 14.9. The van der Waals surface area contributed by atoms with Crippen molar-refractivity contribution in [2.45, 2.75) is 12.8 Å². The summed E-state index contributed by atoms with van der Waals surface area (Å²) in [5, 5.41) is 10.4. The van der Waals surface area contributed by atoms with E-state index in [2.05, 4.69) is 20.7 Å². The number of benzene rings is 2. The first-order chi connectivity index (χ1) is 16.1. The molecule has 1 fully saturated rings. The number of hydrogen-bond acceptors (Lipinski definition) is 4. The number of carbonyl (C=O) groups is 2. The fourth-order valence-corrected chi connectivity index (χ4v) is 4.00. The molecule has 166 valence electrons. The van der Waals surface area contributed by atoms with E-state index in [1.807, 2.05) is 24.4 Å². The molecular formula is C24H22FN6O2+. The second-order valence-electron chi connectivity index (χ2n) is 7.85. The molecule has 0 bridgehead atoms. The highest BCUT2D eigenvalue weighted by Gasteiger charge is 2.34. The Labute approximate surface area is 189 Å². The van der Waals surface area contributed by atoms with Gasteiger partial charge in [0, 0.05) is 23.6 Å². The van der Waals surface area contributed by atoms with E-state index in [0.717, 1.165) is 17.0 Å². The monoisotopic (exact) mass is 445 g/mol. The summed E-state index contributed by atoms with van der Waals surface area (Å²) in [6.45, 7) is 0.510. The van der Waals surface area contributed by atoms with Gasteiger partial charge >= 0.3 is 5.65 Å². The van der Waals surface area contributed by atoms with Gasteiger partial charge in [0.15, 0.2) is 6.20 Å². The lowest BCUT2D eigenvalue weighted by molar-refractivity contribution is -0.343. The van der Waals surface area contributed by atoms with Crippen LogP contribution in [0.2, 0.25) is 0 Å². The maximum atomic E-state index is 13.2. The molecule has 2 amide bonds. The Balaban J connectivity index is 1.25. The zero-order chi connectivity index (χ0) is 22.8. The lowest BCUT2D eigenvalue weighted by atomic mass is 9.95. The van der Waals surface area contributed by atoms with Gasteiger partial charge in [-0.25, -0.2) is 9.37 Å². The summed E-state index contributed by atoms with van der Waals surface area (Å²) in [6.07, 6.45) is 6.50. The molecule has 4 aromatic rings. The summed E-state index contributed by atoms with van der Waals surface area (Å²) in [7, 11) is 0. The van der Waals surface area contributed by atoms with Crippen molar-refractivity contribution >= 4 is 40.2 Å². The Kier molecular flexibility index (Phi) is 5.43. The number of nitrogens with zero attached hydrogens (tertiary/aromatic N) is 3. The number of aromatic amines is 1. The van der Waals surface area contributed by atoms with Crippen molar-refractivity contribution in [3.8, 4) is 0 Å². The topological polar surface area (TPSA) is 92.9 Å². The molecule has 0 radical (unpaired) electrons. The molecule has 33 heavy (non-hydrogen) atoms. The van der Waals surface area contributed by atoms with Crippen LogP contribution in [0.5, 0.6) is 0 Å². The van der Waals surface area contributed by atoms with Crippen LogP contribution in [0.1, 0.15) is 12.8 Å². The molecule has 1 aliphatic heterocycles. The van der Waals surface area contributed by atoms with Crippen LogP contribution < -0.4 is 20.5 Å². The normalized spacial score (nSPS) is 16.1. The molecule has 3 N–H and O–H groups in total. The van der Waals surface area contributed by atoms with E-state index in [-0.39, 0.29) is 17.6 Å². The smallest absolute Gasteiger partial charge is 0.328 e. The van der Waals surface area contributed by atoms with Gasteiger partial charge in [-0.3, -0.25) is 9.59 Å². The molecule has 0 saturated carbocycles. The largest absolute Gasteiger partial charge is 0.349 e. The van der Waals surface area contributed by atoms with Gasteiger partial charge in [-0.05, 0) is 67.4 Å². The zero-order valence-electron chi connectivity index (χ0n) is 17.7. The summed E-state index contributed by atoms with van der Waals surface area (Å²) in [5.41, 5.74) is 3.73. The molecule has 2 aromatic carbocycles. The number of piperidine rings is 1. The van der Waals surface area contributed by atoms with Crippen LogP contribution in [0.3, 0.4) is 0 Å². The predicted octanol–water partition coefficient (Wildman–Crippen LogP) is 3.41. The molecule has 1 saturated heterocycles. The number of rotatable bonds is 5. The Morgan fingerprint density at radius 2 is 1.82 bits per heavy atom. The van der Waals surface area contributed by atoms with Gasteiger partial charge in [0.05, 0.1) is 6.20 Å². The molecule has 5 rings (SSSR count). The number of aromatic nitrogens is 3. The lowest BCUT2D eigenvalue weighted by Crippen LogP contribution is -2.46. The van der Waals surface area contributed by atoms with Gasteiger partial charge in [-0.2, -0.15) is 0 Å². The van der Waals surface area contributed by atoms with Crippen molar-refractivity contribution in [3.05, 3.63) is 79.0 Å². The van der Waals surface area contributed by atoms with E-state index >= 15 is 0 Å². The molecule has 1 atom stereocenters. The van der Waals surface area contributed by atoms with E-state index in [1.54, 1.807) is 46.1 Å². The van der Waals surface area contributed by atoms with Crippen molar-refractivity contribution in [2.75, 3.05) is 22.1 Å². The number of imidazole rings is 1. The minimum Gasteiger partial charge on any atom is -0.349 e. The summed E-state index contributed by atoms with van der Waals surface area (Å²) >= 11 is 0. The number of fused-ring (bicyclic) bond motifs is 1. The Morgan fingerprint density at radius 1 is 1.06 bits per heavy atom. The van der Waals surface area contributed by atoms with Gasteiger partial charge in [0.1, 0.15) is 23.6 Å². The van der Waals surface area contributed by atoms with E-state index in [4.69, 9.17) is 0 Å². The zero-order valence-corrected chi connectivity index (χ0v) is 17.7. The molecule has 8 nitrogen and oxygen atoms in total. The van der Waals surface area contributed by atoms with Crippen LogP contribution in [0.4, 0.5) is 27.1 Å². The first-order valence-electron chi connectivity index (χ1n) is 10.7. The number of carbonyl (C=O) groups excluding carboxylic acids is 2. The maximum absolute atomic E-state index is 13.2. The fourth-order valence-electron chi connectivity index (χ4n) is 4.00. The molecule has 1 aliphatic rings. The maximum Gasteiger partial charge on any atom is 0.328 e. The highest BCUT2D eigenvalue weighted by atomic mass is 19.1. The van der Waals surface area contributed by atoms with Gasteiger partial charge in [-0.1, -0.05) is 9.61 Å². The first kappa shape index (κ1) is 20.6. The molecule has 9 heteroatoms. The van der Waals surface area contributed by atoms with E-state index in [1.165, 1.54) is 12.1 Å². The number of halogens is 1. The highest BCUT2D eigenvalue weighted by Crippen LogP contribution is 2.26. The van der Waals surface area contributed by atoms with Crippen LogP contribution >= 0.6 is 0 Å². The second kappa shape index (κ2) is 8.70. The van der Waals surface area contributed by atoms with Crippen LogP contribution in [-0.4, -0.2) is 28.0 Å². The third kappa shape index (κ3) is 4.25. The second-order valence-corrected chi connectivity index (χ2v) is 7.85. The standard InChI is InChI=1S/C24H21FN6O2/c25-16-3-9-19(10-4-16)30-14-1-2-20(24(30)33)23(32)29-18-7-5-17(6-8-18)28-21-11-12-27-31-15-13-26-22(21)31/h3-13,15,20,28H,1-2,14H2,(H,29,32)/p+1. The van der Waals surface area contributed by atoms with Gasteiger partial charge in [0.2, 0.25) is 11.8 Å². The quantitative estimate of drug-likeness (QED) is 0.461. The number of anilines is 4. The van der Waals surface area contributed by atoms with Crippen molar-refractivity contribution in [1.82, 2.24) is 9.61 Å². The van der Waals surface area contributed by atoms with Gasteiger partial charge < -0.3 is 15.5 Å². The van der Waals surface area contributed by atoms with Crippen LogP contribution in [0, 0.1) is 11.7 Å². The summed E-state index contributed by atoms with van der Waals surface area (Å²) < 4.78 is 15.0. The number of hydrogen-bond donors (Lipinski definition) is 2. The lowest BCUT2D eigenvalue weighted by Gasteiger charge is -2.31. The molecule has 3 heterocycles. The average molecular weight is 445 g/mol. The number of H-pyrrole nitrogens is 1. The van der Waals surface area contributed by atoms with E-state index < -0.39 is 5.92 Å². The number of amides is 2. The van der Waals surface area contributed by atoms with Crippen LogP contribution in [0.25, 0.3) is 5.65 Å². The predicted molar refractivity (Wildman–Crippen MR) is 122 cm³/mol. The summed E-state index contributed by atoms with van der Waals surface area (Å²) in [4.78, 5) is 30.5. The van der Waals surface area contributed by atoms with Gasteiger partial charge in [0.25, 0.3) is 0 Å². The van der Waals surface area contributed by atoms with Crippen molar-refractivity contribution < 1.29 is 19.0 Å². The van der Waals surface area contributed by atoms with Crippen LogP contribution in [0.15, 0.2) is 73.2 Å². The number of nitrogens with one attached hydrogen (secondary N) is 3. The highest BCUT2D eigenvalue weighted by molar-refractivity contribution is 6.12. The van der Waals surface area contributed by atoms with E-state index in [0.29, 0.717) is 30.8 Å². The molecule has 0 spiro atoms. The Bertz CT molecular complexity index is 1300. The summed E-state index contributed by atoms with van der Waals surface area (Å²) in [5.74, 6) is -1.76. The van der Waals surface area contributed by atoms with Crippen molar-refractivity contribution in [2.24, 2.45) is 5.92 Å². The molecule has 0 aliphatic carbocycles. The van der Waals surface area contributed by atoms with Crippen molar-refractivity contribution in [3.63, 3.8) is 0 Å². The fraction of sp³-hybridized carbons (Fsp3) is 0.167. The minimum atomic E-state index is -0.781. The first-order valence-corrected chi connectivity index (χ1v) is 10.7.